The number of benzene rings is 1. The van der Waals surface area contributed by atoms with Gasteiger partial charge in [0.2, 0.25) is 5.91 Å². The van der Waals surface area contributed by atoms with E-state index in [9.17, 15) is 9.59 Å². The van der Waals surface area contributed by atoms with Crippen LogP contribution in [0.25, 0.3) is 0 Å². The second-order valence-electron chi connectivity index (χ2n) is 6.30. The van der Waals surface area contributed by atoms with Gasteiger partial charge in [0.1, 0.15) is 12.1 Å². The minimum Gasteiger partial charge on any atom is -0.339 e. The molecule has 112 valence electrons. The lowest BCUT2D eigenvalue weighted by Gasteiger charge is -2.41. The van der Waals surface area contributed by atoms with Gasteiger partial charge in [-0.1, -0.05) is 43.2 Å². The molecule has 1 N–H and O–H groups in total. The molecule has 2 fully saturated rings. The van der Waals surface area contributed by atoms with Gasteiger partial charge in [-0.25, -0.2) is 0 Å². The Morgan fingerprint density at radius 2 is 1.90 bits per heavy atom. The minimum absolute atomic E-state index is 0.0152. The molecule has 2 aliphatic rings. The van der Waals surface area contributed by atoms with Crippen LogP contribution in [0.1, 0.15) is 44.7 Å². The molecule has 4 heteroatoms. The molecular formula is C17H22N2O2. The van der Waals surface area contributed by atoms with E-state index in [2.05, 4.69) is 12.2 Å². The van der Waals surface area contributed by atoms with E-state index in [0.717, 1.165) is 17.9 Å². The normalized spacial score (nSPS) is 27.4. The summed E-state index contributed by atoms with van der Waals surface area (Å²) in [6, 6.07) is 8.68. The van der Waals surface area contributed by atoms with Gasteiger partial charge in [-0.15, -0.1) is 0 Å². The highest BCUT2D eigenvalue weighted by Gasteiger charge is 2.42. The zero-order chi connectivity index (χ0) is 15.0. The number of rotatable bonds is 4. The van der Waals surface area contributed by atoms with Crippen LogP contribution in [0.3, 0.4) is 0 Å². The topological polar surface area (TPSA) is 49.4 Å². The second kappa shape index (κ2) is 5.51. The molecule has 0 aromatic heterocycles. The highest BCUT2D eigenvalue weighted by Crippen LogP contribution is 2.36. The molecule has 21 heavy (non-hydrogen) atoms. The molecule has 2 amide bonds. The molecule has 1 aromatic rings. The molecule has 4 nitrogen and oxygen atoms in total. The lowest BCUT2D eigenvalue weighted by Crippen LogP contribution is -2.61. The van der Waals surface area contributed by atoms with Gasteiger partial charge in [-0.3, -0.25) is 9.59 Å². The monoisotopic (exact) mass is 286 g/mol. The molecule has 1 saturated heterocycles. The van der Waals surface area contributed by atoms with E-state index < -0.39 is 6.04 Å². The van der Waals surface area contributed by atoms with Gasteiger partial charge in [-0.2, -0.15) is 0 Å². The van der Waals surface area contributed by atoms with Gasteiger partial charge in [0.15, 0.2) is 0 Å². The number of nitrogens with zero attached hydrogens (tertiary/aromatic N) is 1. The van der Waals surface area contributed by atoms with E-state index in [1.54, 1.807) is 4.90 Å². The Kier molecular flexibility index (Phi) is 3.70. The predicted octanol–water partition coefficient (Wildman–Crippen LogP) is 2.26. The summed E-state index contributed by atoms with van der Waals surface area (Å²) in [5.41, 5.74) is 0.853. The van der Waals surface area contributed by atoms with Gasteiger partial charge in [0.05, 0.1) is 0 Å². The first-order chi connectivity index (χ1) is 10.1. The van der Waals surface area contributed by atoms with Crippen LogP contribution in [-0.4, -0.2) is 28.8 Å². The van der Waals surface area contributed by atoms with E-state index in [1.165, 1.54) is 12.8 Å². The summed E-state index contributed by atoms with van der Waals surface area (Å²) >= 11 is 0. The second-order valence-corrected chi connectivity index (χ2v) is 6.30. The van der Waals surface area contributed by atoms with Crippen molar-refractivity contribution in [1.82, 2.24) is 10.2 Å². The van der Waals surface area contributed by atoms with Gasteiger partial charge in [0, 0.05) is 6.04 Å². The first kappa shape index (κ1) is 14.1. The largest absolute Gasteiger partial charge is 0.339 e. The van der Waals surface area contributed by atoms with Crippen molar-refractivity contribution in [3.05, 3.63) is 35.9 Å². The van der Waals surface area contributed by atoms with Crippen LogP contribution in [0.4, 0.5) is 0 Å². The number of amides is 2. The lowest BCUT2D eigenvalue weighted by molar-refractivity contribution is -0.151. The Balaban J connectivity index is 1.83. The maximum absolute atomic E-state index is 12.8. The molecule has 0 radical (unpaired) electrons. The highest BCUT2D eigenvalue weighted by molar-refractivity contribution is 5.97. The lowest BCUT2D eigenvalue weighted by atomic mass is 9.98. The van der Waals surface area contributed by atoms with E-state index in [1.807, 2.05) is 37.3 Å². The molecule has 1 aliphatic carbocycles. The Bertz CT molecular complexity index is 539. The van der Waals surface area contributed by atoms with Crippen molar-refractivity contribution >= 4 is 11.8 Å². The van der Waals surface area contributed by atoms with Crippen molar-refractivity contribution in [2.24, 2.45) is 5.92 Å². The van der Waals surface area contributed by atoms with Crippen molar-refractivity contribution in [3.8, 4) is 0 Å². The predicted molar refractivity (Wildman–Crippen MR) is 80.4 cm³/mol. The van der Waals surface area contributed by atoms with Crippen LogP contribution in [0.5, 0.6) is 0 Å². The van der Waals surface area contributed by atoms with Crippen molar-refractivity contribution < 1.29 is 9.59 Å². The Morgan fingerprint density at radius 3 is 2.52 bits per heavy atom. The van der Waals surface area contributed by atoms with Crippen LogP contribution in [0.15, 0.2) is 30.3 Å². The summed E-state index contributed by atoms with van der Waals surface area (Å²) in [4.78, 5) is 26.9. The third-order valence-electron chi connectivity index (χ3n) is 4.56. The molecular weight excluding hydrogens is 264 g/mol. The minimum atomic E-state index is -0.545. The molecule has 3 rings (SSSR count). The van der Waals surface area contributed by atoms with Gasteiger partial charge < -0.3 is 10.2 Å². The number of nitrogens with one attached hydrogen (secondary N) is 1. The summed E-state index contributed by atoms with van der Waals surface area (Å²) in [6.45, 7) is 3.88. The Labute approximate surface area is 125 Å². The first-order valence-electron chi connectivity index (χ1n) is 7.75. The number of piperazine rings is 1. The summed E-state index contributed by atoms with van der Waals surface area (Å²) in [5.74, 6) is 0.688. The maximum Gasteiger partial charge on any atom is 0.250 e. The molecule has 1 heterocycles. The third-order valence-corrected chi connectivity index (χ3v) is 4.56. The zero-order valence-corrected chi connectivity index (χ0v) is 12.6. The Morgan fingerprint density at radius 1 is 1.24 bits per heavy atom. The van der Waals surface area contributed by atoms with Crippen molar-refractivity contribution in [3.63, 3.8) is 0 Å². The number of hydrogen-bond donors (Lipinski definition) is 1. The van der Waals surface area contributed by atoms with Gasteiger partial charge in [0.25, 0.3) is 5.91 Å². The van der Waals surface area contributed by atoms with E-state index in [0.29, 0.717) is 0 Å². The fraction of sp³-hybridized carbons (Fsp3) is 0.529. The standard InChI is InChI=1S/C17H22N2O2/c1-11(10-13-8-9-13)19-12(2)16(20)18-15(17(19)21)14-6-4-3-5-7-14/h3-7,11-13,15H,8-10H2,1-2H3,(H,18,20). The van der Waals surface area contributed by atoms with Crippen molar-refractivity contribution in [2.45, 2.75) is 51.2 Å². The fourth-order valence-electron chi connectivity index (χ4n) is 3.21. The van der Waals surface area contributed by atoms with E-state index in [-0.39, 0.29) is 23.9 Å². The van der Waals surface area contributed by atoms with Gasteiger partial charge >= 0.3 is 0 Å². The van der Waals surface area contributed by atoms with E-state index in [4.69, 9.17) is 0 Å². The number of hydrogen-bond acceptors (Lipinski definition) is 2. The molecule has 1 aliphatic heterocycles. The third kappa shape index (κ3) is 2.80. The van der Waals surface area contributed by atoms with Crippen LogP contribution in [-0.2, 0) is 9.59 Å². The summed E-state index contributed by atoms with van der Waals surface area (Å²) in [6.07, 6.45) is 3.52. The van der Waals surface area contributed by atoms with Crippen LogP contribution in [0, 0.1) is 5.92 Å². The molecule has 1 aromatic carbocycles. The highest BCUT2D eigenvalue weighted by atomic mass is 16.2. The van der Waals surface area contributed by atoms with E-state index >= 15 is 0 Å². The number of carbonyl (C=O) groups excluding carboxylic acids is 2. The van der Waals surface area contributed by atoms with Crippen molar-refractivity contribution in [1.29, 1.82) is 0 Å². The maximum atomic E-state index is 12.8. The zero-order valence-electron chi connectivity index (χ0n) is 12.6. The quantitative estimate of drug-likeness (QED) is 0.923. The average molecular weight is 286 g/mol. The van der Waals surface area contributed by atoms with Crippen LogP contribution in [0.2, 0.25) is 0 Å². The molecule has 1 saturated carbocycles. The molecule has 0 spiro atoms. The summed E-state index contributed by atoms with van der Waals surface area (Å²) in [7, 11) is 0. The summed E-state index contributed by atoms with van der Waals surface area (Å²) in [5, 5.41) is 2.86. The summed E-state index contributed by atoms with van der Waals surface area (Å²) < 4.78 is 0. The fourth-order valence-corrected chi connectivity index (χ4v) is 3.21. The molecule has 3 unspecified atom stereocenters. The van der Waals surface area contributed by atoms with Crippen LogP contribution >= 0.6 is 0 Å². The smallest absolute Gasteiger partial charge is 0.250 e. The first-order valence-corrected chi connectivity index (χ1v) is 7.75. The van der Waals surface area contributed by atoms with Crippen molar-refractivity contribution in [2.75, 3.05) is 0 Å². The number of carbonyl (C=O) groups is 2. The SMILES string of the molecule is CC(CC1CC1)N1C(=O)C(c2ccccc2)NC(=O)C1C. The average Bonchev–Trinajstić information content (AvgIpc) is 3.28. The van der Waals surface area contributed by atoms with Crippen LogP contribution < -0.4 is 5.32 Å². The van der Waals surface area contributed by atoms with Gasteiger partial charge in [-0.05, 0) is 31.7 Å². The molecule has 0 bridgehead atoms. The molecule has 3 atom stereocenters. The Hall–Kier alpha value is -1.84.